The second kappa shape index (κ2) is 4.96. The number of ether oxygens (including phenoxy) is 1. The summed E-state index contributed by atoms with van der Waals surface area (Å²) in [7, 11) is 0. The van der Waals surface area contributed by atoms with Gasteiger partial charge in [0.1, 0.15) is 11.3 Å². The molecule has 1 N–H and O–H groups in total. The molecule has 2 heterocycles. The molecule has 9 heteroatoms. The fourth-order valence-corrected chi connectivity index (χ4v) is 2.54. The smallest absolute Gasteiger partial charge is 0.426 e. The van der Waals surface area contributed by atoms with Gasteiger partial charge in [0.15, 0.2) is 5.60 Å². The predicted molar refractivity (Wildman–Crippen MR) is 76.4 cm³/mol. The Morgan fingerprint density at radius 3 is 2.73 bits per heavy atom. The molecule has 0 unspecified atom stereocenters. The van der Waals surface area contributed by atoms with Gasteiger partial charge < -0.3 is 9.84 Å². The molecule has 0 radical (unpaired) electrons. The third-order valence-corrected chi connectivity index (χ3v) is 3.89. The Balaban J connectivity index is 2.07. The molecule has 3 rings (SSSR count). The number of fused-ring (bicyclic) bond motifs is 1. The van der Waals surface area contributed by atoms with Gasteiger partial charge in [-0.2, -0.15) is 8.78 Å². The number of aliphatic hydroxyl groups is 1. The van der Waals surface area contributed by atoms with Crippen LogP contribution in [0.5, 0.6) is 5.75 Å². The standard InChI is InChI=1S/C13H12F2N4O2S/c1-12(2,20)13(14,15)21-9-4-3-8(19-6-5-17-18-19)10-11(9)22-7-16-10/h3-7,20H,1-2H3. The van der Waals surface area contributed by atoms with Crippen molar-refractivity contribution >= 4 is 21.6 Å². The third-order valence-electron chi connectivity index (χ3n) is 3.05. The molecule has 116 valence electrons. The molecule has 3 aromatic rings. The minimum absolute atomic E-state index is 0.0477. The average Bonchev–Trinajstić information content (AvgIpc) is 3.08. The molecular weight excluding hydrogens is 314 g/mol. The van der Waals surface area contributed by atoms with Gasteiger partial charge in [0.05, 0.1) is 28.3 Å². The normalized spacial score (nSPS) is 12.8. The molecular formula is C13H12F2N4O2S. The van der Waals surface area contributed by atoms with E-state index in [1.54, 1.807) is 12.3 Å². The van der Waals surface area contributed by atoms with Crippen LogP contribution >= 0.6 is 11.3 Å². The second-order valence-corrected chi connectivity index (χ2v) is 5.99. The molecule has 0 saturated carbocycles. The van der Waals surface area contributed by atoms with Crippen LogP contribution in [-0.4, -0.2) is 36.8 Å². The van der Waals surface area contributed by atoms with Crippen molar-refractivity contribution in [2.75, 3.05) is 0 Å². The summed E-state index contributed by atoms with van der Waals surface area (Å²) in [5, 5.41) is 17.1. The second-order valence-electron chi connectivity index (χ2n) is 5.14. The summed E-state index contributed by atoms with van der Waals surface area (Å²) in [4.78, 5) is 4.17. The molecule has 0 fully saturated rings. The number of nitrogens with zero attached hydrogens (tertiary/aromatic N) is 4. The fourth-order valence-electron chi connectivity index (χ4n) is 1.78. The largest absolute Gasteiger partial charge is 0.429 e. The van der Waals surface area contributed by atoms with Crippen molar-refractivity contribution in [3.05, 3.63) is 30.0 Å². The number of benzene rings is 1. The fraction of sp³-hybridized carbons (Fsp3) is 0.308. The maximum absolute atomic E-state index is 13.9. The Hall–Kier alpha value is -2.13. The highest BCUT2D eigenvalue weighted by atomic mass is 32.1. The highest BCUT2D eigenvalue weighted by Crippen LogP contribution is 2.38. The van der Waals surface area contributed by atoms with Gasteiger partial charge in [-0.1, -0.05) is 5.21 Å². The van der Waals surface area contributed by atoms with Crippen molar-refractivity contribution in [1.82, 2.24) is 20.0 Å². The Morgan fingerprint density at radius 1 is 1.32 bits per heavy atom. The molecule has 0 atom stereocenters. The summed E-state index contributed by atoms with van der Waals surface area (Å²) < 4.78 is 34.5. The van der Waals surface area contributed by atoms with Gasteiger partial charge in [-0.25, -0.2) is 9.67 Å². The van der Waals surface area contributed by atoms with Crippen molar-refractivity contribution in [3.8, 4) is 11.4 Å². The van der Waals surface area contributed by atoms with E-state index < -0.39 is 11.7 Å². The zero-order valence-electron chi connectivity index (χ0n) is 11.7. The Morgan fingerprint density at radius 2 is 2.09 bits per heavy atom. The lowest BCUT2D eigenvalue weighted by Crippen LogP contribution is -2.47. The van der Waals surface area contributed by atoms with Crippen LogP contribution in [0.2, 0.25) is 0 Å². The van der Waals surface area contributed by atoms with Crippen LogP contribution in [0.1, 0.15) is 13.8 Å². The van der Waals surface area contributed by atoms with E-state index in [2.05, 4.69) is 15.3 Å². The van der Waals surface area contributed by atoms with Crippen molar-refractivity contribution < 1.29 is 18.6 Å². The Labute approximate surface area is 128 Å². The van der Waals surface area contributed by atoms with E-state index in [0.717, 1.165) is 25.2 Å². The monoisotopic (exact) mass is 326 g/mol. The predicted octanol–water partition coefficient (Wildman–Crippen LogP) is 2.62. The molecule has 0 bridgehead atoms. The van der Waals surface area contributed by atoms with Crippen LogP contribution < -0.4 is 4.74 Å². The minimum atomic E-state index is -3.74. The number of halogens is 2. The molecule has 2 aromatic heterocycles. The number of aromatic nitrogens is 4. The molecule has 0 aliphatic heterocycles. The van der Waals surface area contributed by atoms with Gasteiger partial charge in [0.2, 0.25) is 0 Å². The molecule has 22 heavy (non-hydrogen) atoms. The van der Waals surface area contributed by atoms with Gasteiger partial charge in [-0.05, 0) is 26.0 Å². The first kappa shape index (κ1) is 14.8. The zero-order valence-corrected chi connectivity index (χ0v) is 12.5. The molecule has 0 amide bonds. The van der Waals surface area contributed by atoms with E-state index >= 15 is 0 Å². The SMILES string of the molecule is CC(C)(O)C(F)(F)Oc1ccc(-n2ccnn2)c2ncsc12. The number of alkyl halides is 2. The van der Waals surface area contributed by atoms with Crippen LogP contribution in [0.25, 0.3) is 15.9 Å². The Bertz CT molecular complexity index is 796. The lowest BCUT2D eigenvalue weighted by molar-refractivity contribution is -0.275. The van der Waals surface area contributed by atoms with E-state index in [1.807, 2.05) is 0 Å². The maximum Gasteiger partial charge on any atom is 0.426 e. The summed E-state index contributed by atoms with van der Waals surface area (Å²) in [6.45, 7) is 1.97. The quantitative estimate of drug-likeness (QED) is 0.798. The van der Waals surface area contributed by atoms with Crippen molar-refractivity contribution in [1.29, 1.82) is 0 Å². The minimum Gasteiger partial charge on any atom is -0.429 e. The molecule has 0 spiro atoms. The topological polar surface area (TPSA) is 73.1 Å². The zero-order chi connectivity index (χ0) is 16.0. The van der Waals surface area contributed by atoms with E-state index in [0.29, 0.717) is 15.9 Å². The summed E-state index contributed by atoms with van der Waals surface area (Å²) in [5.41, 5.74) is 0.293. The highest BCUT2D eigenvalue weighted by Gasteiger charge is 2.48. The lowest BCUT2D eigenvalue weighted by Gasteiger charge is -2.28. The first-order chi connectivity index (χ1) is 10.3. The summed E-state index contributed by atoms with van der Waals surface area (Å²) in [5.74, 6) is -0.0477. The summed E-state index contributed by atoms with van der Waals surface area (Å²) in [6.07, 6.45) is -0.607. The van der Waals surface area contributed by atoms with Gasteiger partial charge in [-0.15, -0.1) is 16.4 Å². The summed E-state index contributed by atoms with van der Waals surface area (Å²) in [6, 6.07) is 2.96. The maximum atomic E-state index is 13.9. The average molecular weight is 326 g/mol. The first-order valence-electron chi connectivity index (χ1n) is 6.32. The van der Waals surface area contributed by atoms with E-state index in [-0.39, 0.29) is 5.75 Å². The number of hydrogen-bond donors (Lipinski definition) is 1. The molecule has 6 nitrogen and oxygen atoms in total. The van der Waals surface area contributed by atoms with Crippen LogP contribution in [0, 0.1) is 0 Å². The highest BCUT2D eigenvalue weighted by molar-refractivity contribution is 7.17. The van der Waals surface area contributed by atoms with Crippen LogP contribution in [0.3, 0.4) is 0 Å². The number of rotatable bonds is 4. The summed E-state index contributed by atoms with van der Waals surface area (Å²) >= 11 is 1.16. The lowest BCUT2D eigenvalue weighted by atomic mass is 10.1. The first-order valence-corrected chi connectivity index (χ1v) is 7.20. The van der Waals surface area contributed by atoms with E-state index in [1.165, 1.54) is 22.5 Å². The van der Waals surface area contributed by atoms with E-state index in [9.17, 15) is 13.9 Å². The van der Waals surface area contributed by atoms with Gasteiger partial charge in [-0.3, -0.25) is 0 Å². The Kier molecular flexibility index (Phi) is 3.33. The van der Waals surface area contributed by atoms with Crippen molar-refractivity contribution in [2.45, 2.75) is 25.6 Å². The van der Waals surface area contributed by atoms with Crippen molar-refractivity contribution in [3.63, 3.8) is 0 Å². The molecule has 0 saturated heterocycles. The van der Waals surface area contributed by atoms with Gasteiger partial charge in [0.25, 0.3) is 0 Å². The van der Waals surface area contributed by atoms with Gasteiger partial charge >= 0.3 is 6.11 Å². The number of hydrogen-bond acceptors (Lipinski definition) is 6. The van der Waals surface area contributed by atoms with E-state index in [4.69, 9.17) is 4.74 Å². The number of thiazole rings is 1. The van der Waals surface area contributed by atoms with Gasteiger partial charge in [0, 0.05) is 0 Å². The van der Waals surface area contributed by atoms with Crippen LogP contribution in [0.4, 0.5) is 8.78 Å². The van der Waals surface area contributed by atoms with Crippen molar-refractivity contribution in [2.24, 2.45) is 0 Å². The molecule has 0 aliphatic carbocycles. The third kappa shape index (κ3) is 2.42. The van der Waals surface area contributed by atoms with Crippen LogP contribution in [0.15, 0.2) is 30.0 Å². The van der Waals surface area contributed by atoms with Crippen LogP contribution in [-0.2, 0) is 0 Å². The molecule has 0 aliphatic rings. The molecule has 1 aromatic carbocycles.